The second-order valence-electron chi connectivity index (χ2n) is 10.0. The number of nitrogens with one attached hydrogen (secondary N) is 2. The smallest absolute Gasteiger partial charge is 0.222 e. The molecule has 0 aliphatic carbocycles. The number of nitrogens with zero attached hydrogens (tertiary/aromatic N) is 1. The van der Waals surface area contributed by atoms with Gasteiger partial charge in [0.05, 0.1) is 52.9 Å². The zero-order chi connectivity index (χ0) is 25.2. The molecule has 0 spiro atoms. The maximum Gasteiger partial charge on any atom is 0.222 e. The summed E-state index contributed by atoms with van der Waals surface area (Å²) in [7, 11) is 2.08. The summed E-state index contributed by atoms with van der Waals surface area (Å²) in [5, 5.41) is 5.76. The van der Waals surface area contributed by atoms with Gasteiger partial charge in [-0.05, 0) is 61.6 Å². The summed E-state index contributed by atoms with van der Waals surface area (Å²) in [4.78, 5) is 25.7. The summed E-state index contributed by atoms with van der Waals surface area (Å²) < 4.78 is 21.7. The molecule has 0 aromatic heterocycles. The minimum atomic E-state index is -0.218. The number of hydrogen-bond acceptors (Lipinski definition) is 7. The van der Waals surface area contributed by atoms with Gasteiger partial charge in [0, 0.05) is 30.5 Å². The maximum atomic E-state index is 11.8. The highest BCUT2D eigenvalue weighted by Gasteiger charge is 2.16. The predicted octanol–water partition coefficient (Wildman–Crippen LogP) is 1.98. The lowest BCUT2D eigenvalue weighted by atomic mass is 10.1. The van der Waals surface area contributed by atoms with E-state index >= 15 is 0 Å². The van der Waals surface area contributed by atoms with Crippen LogP contribution in [0.1, 0.15) is 60.8 Å². The van der Waals surface area contributed by atoms with Crippen LogP contribution in [0.5, 0.6) is 0 Å². The first-order chi connectivity index (χ1) is 15.4. The topological polar surface area (TPSA) is 98.4 Å². The molecule has 33 heavy (non-hydrogen) atoms. The van der Waals surface area contributed by atoms with Gasteiger partial charge >= 0.3 is 0 Å². The fourth-order valence-corrected chi connectivity index (χ4v) is 2.57. The molecule has 2 amide bonds. The molecule has 0 aliphatic heterocycles. The van der Waals surface area contributed by atoms with Crippen molar-refractivity contribution in [1.82, 2.24) is 15.5 Å². The number of carbonyl (C=O) groups excluding carboxylic acids is 2. The summed E-state index contributed by atoms with van der Waals surface area (Å²) in [5.41, 5.74) is -0.0935. The van der Waals surface area contributed by atoms with E-state index in [2.05, 4.69) is 43.4 Å². The minimum Gasteiger partial charge on any atom is -0.379 e. The first kappa shape index (κ1) is 31.7. The van der Waals surface area contributed by atoms with E-state index < -0.39 is 0 Å². The van der Waals surface area contributed by atoms with Gasteiger partial charge in [0.1, 0.15) is 0 Å². The third-order valence-corrected chi connectivity index (χ3v) is 4.71. The number of rotatable bonds is 19. The minimum absolute atomic E-state index is 0.0129. The van der Waals surface area contributed by atoms with Gasteiger partial charge in [-0.2, -0.15) is 0 Å². The quantitative estimate of drug-likeness (QED) is 0.276. The Morgan fingerprint density at radius 3 is 1.67 bits per heavy atom. The molecule has 0 atom stereocenters. The number of hydrogen-bond donors (Lipinski definition) is 2. The molecule has 196 valence electrons. The normalized spacial score (nSPS) is 12.2. The van der Waals surface area contributed by atoms with Gasteiger partial charge < -0.3 is 34.5 Å². The molecule has 9 nitrogen and oxygen atoms in total. The van der Waals surface area contributed by atoms with Gasteiger partial charge in [0.15, 0.2) is 0 Å². The van der Waals surface area contributed by atoms with E-state index in [0.29, 0.717) is 72.2 Å². The van der Waals surface area contributed by atoms with Gasteiger partial charge in [0.2, 0.25) is 11.8 Å². The SMILES string of the molecule is CN(CCCC(=O)NCCOCCOCCOCCOCCC(=O)NC(C)(C)C)C(C)(C)C. The van der Waals surface area contributed by atoms with Crippen LogP contribution in [-0.2, 0) is 28.5 Å². The number of amides is 2. The van der Waals surface area contributed by atoms with Crippen molar-refractivity contribution in [2.75, 3.05) is 73.0 Å². The molecule has 2 N–H and O–H groups in total. The van der Waals surface area contributed by atoms with Crippen molar-refractivity contribution in [2.24, 2.45) is 0 Å². The monoisotopic (exact) mass is 475 g/mol. The summed E-state index contributed by atoms with van der Waals surface area (Å²) in [5.74, 6) is 0.0486. The highest BCUT2D eigenvalue weighted by Crippen LogP contribution is 2.10. The van der Waals surface area contributed by atoms with Crippen molar-refractivity contribution in [3.8, 4) is 0 Å². The van der Waals surface area contributed by atoms with Crippen LogP contribution in [0.25, 0.3) is 0 Å². The molecule has 9 heteroatoms. The predicted molar refractivity (Wildman–Crippen MR) is 130 cm³/mol. The van der Waals surface area contributed by atoms with E-state index in [-0.39, 0.29) is 22.9 Å². The van der Waals surface area contributed by atoms with E-state index in [9.17, 15) is 9.59 Å². The highest BCUT2D eigenvalue weighted by molar-refractivity contribution is 5.76. The zero-order valence-electron chi connectivity index (χ0n) is 22.1. The van der Waals surface area contributed by atoms with Gasteiger partial charge in [0.25, 0.3) is 0 Å². The van der Waals surface area contributed by atoms with Crippen LogP contribution < -0.4 is 10.6 Å². The number of ether oxygens (including phenoxy) is 4. The molecule has 0 aliphatic rings. The van der Waals surface area contributed by atoms with Crippen LogP contribution >= 0.6 is 0 Å². The molecule has 0 aromatic carbocycles. The van der Waals surface area contributed by atoms with Gasteiger partial charge in [-0.15, -0.1) is 0 Å². The lowest BCUT2D eigenvalue weighted by Gasteiger charge is -2.31. The third-order valence-electron chi connectivity index (χ3n) is 4.71. The van der Waals surface area contributed by atoms with Gasteiger partial charge in [-0.1, -0.05) is 0 Å². The Kier molecular flexibility index (Phi) is 17.4. The summed E-state index contributed by atoms with van der Waals surface area (Å²) in [6.45, 7) is 17.4. The lowest BCUT2D eigenvalue weighted by Crippen LogP contribution is -2.40. The molecule has 0 heterocycles. The molecule has 0 bridgehead atoms. The van der Waals surface area contributed by atoms with E-state index in [1.807, 2.05) is 20.8 Å². The molecule has 0 unspecified atom stereocenters. The second kappa shape index (κ2) is 18.1. The summed E-state index contributed by atoms with van der Waals surface area (Å²) in [6.07, 6.45) is 1.72. The van der Waals surface area contributed by atoms with Crippen molar-refractivity contribution in [3.63, 3.8) is 0 Å². The largest absolute Gasteiger partial charge is 0.379 e. The zero-order valence-corrected chi connectivity index (χ0v) is 22.1. The Bertz CT molecular complexity index is 517. The Morgan fingerprint density at radius 2 is 1.18 bits per heavy atom. The van der Waals surface area contributed by atoms with Crippen molar-refractivity contribution in [3.05, 3.63) is 0 Å². The molecule has 0 radical (unpaired) electrons. The van der Waals surface area contributed by atoms with Crippen molar-refractivity contribution < 1.29 is 28.5 Å². The first-order valence-corrected chi connectivity index (χ1v) is 12.0. The van der Waals surface area contributed by atoms with E-state index in [4.69, 9.17) is 18.9 Å². The summed E-state index contributed by atoms with van der Waals surface area (Å²) >= 11 is 0. The average Bonchev–Trinajstić information content (AvgIpc) is 2.68. The Hall–Kier alpha value is -1.26. The van der Waals surface area contributed by atoms with E-state index in [0.717, 1.165) is 13.0 Å². The van der Waals surface area contributed by atoms with Gasteiger partial charge in [-0.25, -0.2) is 0 Å². The van der Waals surface area contributed by atoms with Crippen LogP contribution in [0.2, 0.25) is 0 Å². The van der Waals surface area contributed by atoms with Crippen LogP contribution in [0.3, 0.4) is 0 Å². The van der Waals surface area contributed by atoms with E-state index in [1.54, 1.807) is 0 Å². The third kappa shape index (κ3) is 22.3. The maximum absolute atomic E-state index is 11.8. The molecule has 0 saturated carbocycles. The molecule has 0 fully saturated rings. The van der Waals surface area contributed by atoms with Crippen molar-refractivity contribution in [2.45, 2.75) is 71.9 Å². The van der Waals surface area contributed by atoms with Crippen molar-refractivity contribution in [1.29, 1.82) is 0 Å². The number of carbonyl (C=O) groups is 2. The Balaban J connectivity index is 3.33. The highest BCUT2D eigenvalue weighted by atomic mass is 16.6. The standard InChI is InChI=1S/C24H49N3O6/c1-23(2,3)26-22(29)10-13-30-15-17-32-19-20-33-18-16-31-14-11-25-21(28)9-8-12-27(7)24(4,5)6/h8-20H2,1-7H3,(H,25,28)(H,26,29). The van der Waals surface area contributed by atoms with Crippen LogP contribution in [0, 0.1) is 0 Å². The Labute approximate surface area is 201 Å². The molecule has 0 aromatic rings. The van der Waals surface area contributed by atoms with Crippen LogP contribution in [-0.4, -0.2) is 101 Å². The Morgan fingerprint density at radius 1 is 0.697 bits per heavy atom. The van der Waals surface area contributed by atoms with Crippen molar-refractivity contribution >= 4 is 11.8 Å². The van der Waals surface area contributed by atoms with Crippen LogP contribution in [0.4, 0.5) is 0 Å². The second-order valence-corrected chi connectivity index (χ2v) is 10.0. The molecule has 0 saturated heterocycles. The fraction of sp³-hybridized carbons (Fsp3) is 0.917. The first-order valence-electron chi connectivity index (χ1n) is 12.0. The van der Waals surface area contributed by atoms with Gasteiger partial charge in [-0.3, -0.25) is 9.59 Å². The van der Waals surface area contributed by atoms with Crippen LogP contribution in [0.15, 0.2) is 0 Å². The van der Waals surface area contributed by atoms with E-state index in [1.165, 1.54) is 0 Å². The molecular formula is C24H49N3O6. The average molecular weight is 476 g/mol. The fourth-order valence-electron chi connectivity index (χ4n) is 2.57. The summed E-state index contributed by atoms with van der Waals surface area (Å²) in [6, 6.07) is 0. The lowest BCUT2D eigenvalue weighted by molar-refractivity contribution is -0.124. The molecule has 0 rings (SSSR count). The molecular weight excluding hydrogens is 426 g/mol.